The zero-order valence-corrected chi connectivity index (χ0v) is 22.9. The monoisotopic (exact) mass is 535 g/mol. The molecule has 204 valence electrons. The molecule has 0 saturated heterocycles. The number of halogens is 1. The Hall–Kier alpha value is -3.14. The molecule has 0 heterocycles. The van der Waals surface area contributed by atoms with Crippen molar-refractivity contribution in [2.24, 2.45) is 0 Å². The summed E-state index contributed by atoms with van der Waals surface area (Å²) in [6.45, 7) is 4.59. The average molecular weight is 536 g/mol. The van der Waals surface area contributed by atoms with Crippen LogP contribution in [0.4, 0.5) is 10.1 Å². The number of sulfonamides is 1. The van der Waals surface area contributed by atoms with Gasteiger partial charge in [-0.3, -0.25) is 13.9 Å². The highest BCUT2D eigenvalue weighted by molar-refractivity contribution is 7.92. The van der Waals surface area contributed by atoms with E-state index in [0.29, 0.717) is 30.0 Å². The van der Waals surface area contributed by atoms with Gasteiger partial charge in [0.1, 0.15) is 17.6 Å². The maximum absolute atomic E-state index is 13.4. The topological polar surface area (TPSA) is 96.0 Å². The molecule has 0 spiro atoms. The van der Waals surface area contributed by atoms with Crippen LogP contribution < -0.4 is 14.4 Å². The van der Waals surface area contributed by atoms with Crippen LogP contribution in [0.25, 0.3) is 0 Å². The Morgan fingerprint density at radius 1 is 1.05 bits per heavy atom. The van der Waals surface area contributed by atoms with Gasteiger partial charge >= 0.3 is 0 Å². The molecule has 2 rings (SSSR count). The molecule has 2 aromatic carbocycles. The normalized spacial score (nSPS) is 12.0. The lowest BCUT2D eigenvalue weighted by Gasteiger charge is -2.31. The maximum Gasteiger partial charge on any atom is 0.242 e. The predicted octanol–water partition coefficient (Wildman–Crippen LogP) is 4.10. The van der Waals surface area contributed by atoms with E-state index < -0.39 is 16.1 Å². The Bertz CT molecular complexity index is 1130. The van der Waals surface area contributed by atoms with E-state index in [1.165, 1.54) is 28.4 Å². The molecule has 0 aliphatic heterocycles. The van der Waals surface area contributed by atoms with Gasteiger partial charge in [-0.25, -0.2) is 12.8 Å². The maximum atomic E-state index is 13.4. The van der Waals surface area contributed by atoms with Crippen molar-refractivity contribution in [3.63, 3.8) is 0 Å². The van der Waals surface area contributed by atoms with Crippen LogP contribution in [0.5, 0.6) is 5.75 Å². The minimum atomic E-state index is -3.64. The summed E-state index contributed by atoms with van der Waals surface area (Å²) >= 11 is 0. The number of nitrogens with zero attached hydrogens (tertiary/aromatic N) is 2. The van der Waals surface area contributed by atoms with E-state index in [1.54, 1.807) is 36.4 Å². The zero-order chi connectivity index (χ0) is 27.4. The van der Waals surface area contributed by atoms with Gasteiger partial charge in [0.15, 0.2) is 0 Å². The van der Waals surface area contributed by atoms with E-state index in [1.807, 2.05) is 13.8 Å². The smallest absolute Gasteiger partial charge is 0.242 e. The van der Waals surface area contributed by atoms with E-state index in [2.05, 4.69) is 5.32 Å². The molecule has 1 unspecified atom stereocenters. The molecule has 1 atom stereocenters. The van der Waals surface area contributed by atoms with Crippen molar-refractivity contribution in [1.82, 2.24) is 10.2 Å². The van der Waals surface area contributed by atoms with Gasteiger partial charge in [-0.15, -0.1) is 0 Å². The zero-order valence-electron chi connectivity index (χ0n) is 22.1. The number of unbranched alkanes of at least 4 members (excludes halogenated alkanes) is 1. The van der Waals surface area contributed by atoms with Crippen molar-refractivity contribution in [2.45, 2.75) is 58.5 Å². The third-order valence-corrected chi connectivity index (χ3v) is 7.17. The number of carbonyl (C=O) groups is 2. The van der Waals surface area contributed by atoms with Crippen LogP contribution in [0.1, 0.15) is 51.5 Å². The predicted molar refractivity (Wildman–Crippen MR) is 143 cm³/mol. The number of hydrogen-bond donors (Lipinski definition) is 1. The standard InChI is InChI=1S/C27H38FN3O5S/c1-5-7-18-29-27(33)23(6-2)30(20-21-14-16-22(28)17-15-21)26(32)13-10-19-31(37(4,34)35)24-11-8-9-12-25(24)36-3/h8-9,11-12,14-17,23H,5-7,10,13,18-20H2,1-4H3,(H,29,33). The number of para-hydroxylation sites is 2. The number of methoxy groups -OCH3 is 1. The molecule has 1 N–H and O–H groups in total. The fraction of sp³-hybridized carbons (Fsp3) is 0.481. The van der Waals surface area contributed by atoms with Crippen molar-refractivity contribution >= 4 is 27.5 Å². The first kappa shape index (κ1) is 30.1. The molecule has 8 nitrogen and oxygen atoms in total. The van der Waals surface area contributed by atoms with Gasteiger partial charge in [0.25, 0.3) is 0 Å². The molecule has 0 saturated carbocycles. The van der Waals surface area contributed by atoms with E-state index >= 15 is 0 Å². The van der Waals surface area contributed by atoms with Gasteiger partial charge in [-0.05, 0) is 49.1 Å². The number of hydrogen-bond acceptors (Lipinski definition) is 5. The quantitative estimate of drug-likeness (QED) is 0.347. The van der Waals surface area contributed by atoms with Gasteiger partial charge in [0, 0.05) is 26.1 Å². The summed E-state index contributed by atoms with van der Waals surface area (Å²) in [7, 11) is -2.17. The molecule has 2 aromatic rings. The van der Waals surface area contributed by atoms with E-state index in [9.17, 15) is 22.4 Å². The minimum absolute atomic E-state index is 0.0289. The number of amides is 2. The molecular formula is C27H38FN3O5S. The summed E-state index contributed by atoms with van der Waals surface area (Å²) in [5, 5.41) is 2.90. The molecule has 0 aliphatic carbocycles. The number of carbonyl (C=O) groups excluding carboxylic acids is 2. The lowest BCUT2D eigenvalue weighted by atomic mass is 10.1. The first-order valence-electron chi connectivity index (χ1n) is 12.5. The van der Waals surface area contributed by atoms with Gasteiger partial charge in [0.05, 0.1) is 19.1 Å². The third-order valence-electron chi connectivity index (χ3n) is 5.99. The summed E-state index contributed by atoms with van der Waals surface area (Å²) in [4.78, 5) is 27.9. The van der Waals surface area contributed by atoms with E-state index in [-0.39, 0.29) is 43.6 Å². The summed E-state index contributed by atoms with van der Waals surface area (Å²) in [6.07, 6.45) is 3.53. The van der Waals surface area contributed by atoms with Gasteiger partial charge in [-0.1, -0.05) is 44.5 Å². The summed E-state index contributed by atoms with van der Waals surface area (Å²) in [5.41, 5.74) is 1.09. The number of benzene rings is 2. The van der Waals surface area contributed by atoms with Crippen molar-refractivity contribution in [1.29, 1.82) is 0 Å². The Morgan fingerprint density at radius 2 is 1.73 bits per heavy atom. The number of anilines is 1. The fourth-order valence-electron chi connectivity index (χ4n) is 4.03. The highest BCUT2D eigenvalue weighted by Crippen LogP contribution is 2.29. The lowest BCUT2D eigenvalue weighted by Crippen LogP contribution is -2.49. The third kappa shape index (κ3) is 9.03. The summed E-state index contributed by atoms with van der Waals surface area (Å²) in [5.74, 6) is -0.497. The van der Waals surface area contributed by atoms with E-state index in [4.69, 9.17) is 4.74 Å². The Kier molecular flexibility index (Phi) is 11.8. The Balaban J connectivity index is 2.21. The molecule has 37 heavy (non-hydrogen) atoms. The van der Waals surface area contributed by atoms with Crippen LogP contribution in [-0.4, -0.2) is 57.6 Å². The Morgan fingerprint density at radius 3 is 2.32 bits per heavy atom. The van der Waals surface area contributed by atoms with Crippen LogP contribution in [0.3, 0.4) is 0 Å². The van der Waals surface area contributed by atoms with Crippen LogP contribution in [0.2, 0.25) is 0 Å². The van der Waals surface area contributed by atoms with Gasteiger partial charge in [-0.2, -0.15) is 0 Å². The van der Waals surface area contributed by atoms with Gasteiger partial charge < -0.3 is 15.0 Å². The minimum Gasteiger partial charge on any atom is -0.495 e. The second kappa shape index (κ2) is 14.6. The number of rotatable bonds is 15. The molecule has 0 bridgehead atoms. The second-order valence-electron chi connectivity index (χ2n) is 8.83. The Labute approximate surface area is 219 Å². The lowest BCUT2D eigenvalue weighted by molar-refractivity contribution is -0.141. The van der Waals surface area contributed by atoms with Crippen molar-refractivity contribution in [3.8, 4) is 5.75 Å². The van der Waals surface area contributed by atoms with Crippen molar-refractivity contribution < 1.29 is 27.1 Å². The molecule has 0 aliphatic rings. The second-order valence-corrected chi connectivity index (χ2v) is 10.7. The highest BCUT2D eigenvalue weighted by atomic mass is 32.2. The van der Waals surface area contributed by atoms with Crippen LogP contribution in [0, 0.1) is 5.82 Å². The number of nitrogens with one attached hydrogen (secondary N) is 1. The van der Waals surface area contributed by atoms with Crippen LogP contribution >= 0.6 is 0 Å². The van der Waals surface area contributed by atoms with Crippen LogP contribution in [-0.2, 0) is 26.2 Å². The van der Waals surface area contributed by atoms with Crippen molar-refractivity contribution in [3.05, 3.63) is 59.9 Å². The molecule has 2 amide bonds. The van der Waals surface area contributed by atoms with Gasteiger partial charge in [0.2, 0.25) is 21.8 Å². The van der Waals surface area contributed by atoms with Crippen molar-refractivity contribution in [2.75, 3.05) is 30.8 Å². The van der Waals surface area contributed by atoms with Crippen LogP contribution in [0.15, 0.2) is 48.5 Å². The first-order chi connectivity index (χ1) is 17.6. The molecule has 0 fully saturated rings. The largest absolute Gasteiger partial charge is 0.495 e. The molecule has 0 radical (unpaired) electrons. The number of ether oxygens (including phenoxy) is 1. The average Bonchev–Trinajstić information content (AvgIpc) is 2.87. The first-order valence-corrected chi connectivity index (χ1v) is 14.4. The molecule has 10 heteroatoms. The summed E-state index contributed by atoms with van der Waals surface area (Å²) < 4.78 is 45.1. The SMILES string of the molecule is CCCCNC(=O)C(CC)N(Cc1ccc(F)cc1)C(=O)CCCN(c1ccccc1OC)S(C)(=O)=O. The molecule has 0 aromatic heterocycles. The fourth-order valence-corrected chi connectivity index (χ4v) is 5.00. The molecular weight excluding hydrogens is 497 g/mol. The summed E-state index contributed by atoms with van der Waals surface area (Å²) in [6, 6.07) is 11.9. The highest BCUT2D eigenvalue weighted by Gasteiger charge is 2.29. The van der Waals surface area contributed by atoms with E-state index in [0.717, 1.165) is 19.1 Å².